The number of amides is 1. The second kappa shape index (κ2) is 10.2. The first-order valence-electron chi connectivity index (χ1n) is 10.5. The zero-order valence-corrected chi connectivity index (χ0v) is 22.9. The molecule has 0 rings (SSSR count). The highest BCUT2D eigenvalue weighted by molar-refractivity contribution is 6.74. The summed E-state index contributed by atoms with van der Waals surface area (Å²) in [5.41, 5.74) is 0. The van der Waals surface area contributed by atoms with Gasteiger partial charge >= 0.3 is 0 Å². The van der Waals surface area contributed by atoms with E-state index in [0.29, 0.717) is 6.42 Å². The Kier molecular flexibility index (Phi) is 10.1. The molecule has 0 saturated carbocycles. The number of hydrogen-bond donors (Lipinski definition) is 0. The maximum absolute atomic E-state index is 12.5. The van der Waals surface area contributed by atoms with E-state index in [1.807, 2.05) is 0 Å². The Morgan fingerprint density at radius 1 is 0.893 bits per heavy atom. The van der Waals surface area contributed by atoms with Crippen molar-refractivity contribution in [3.63, 3.8) is 0 Å². The van der Waals surface area contributed by atoms with Gasteiger partial charge in [0.05, 0.1) is 19.6 Å². The van der Waals surface area contributed by atoms with Crippen molar-refractivity contribution in [3.8, 4) is 0 Å². The van der Waals surface area contributed by atoms with Crippen molar-refractivity contribution >= 4 is 22.5 Å². The van der Waals surface area contributed by atoms with Gasteiger partial charge in [-0.05, 0) is 49.1 Å². The van der Waals surface area contributed by atoms with E-state index in [-0.39, 0.29) is 28.2 Å². The zero-order valence-electron chi connectivity index (χ0n) is 20.9. The average Bonchev–Trinajstić information content (AvgIpc) is 2.50. The van der Waals surface area contributed by atoms with Crippen molar-refractivity contribution in [2.45, 2.75) is 116 Å². The summed E-state index contributed by atoms with van der Waals surface area (Å²) in [6, 6.07) is 0. The molecule has 0 heterocycles. The van der Waals surface area contributed by atoms with Crippen molar-refractivity contribution in [1.82, 2.24) is 5.06 Å². The van der Waals surface area contributed by atoms with E-state index in [1.165, 1.54) is 12.2 Å². The lowest BCUT2D eigenvalue weighted by Gasteiger charge is -2.42. The minimum Gasteiger partial charge on any atom is -0.414 e. The summed E-state index contributed by atoms with van der Waals surface area (Å²) in [5, 5.41) is 1.53. The lowest BCUT2D eigenvalue weighted by atomic mass is 10.1. The Labute approximate surface area is 176 Å². The molecule has 0 aromatic carbocycles. The molecule has 0 aromatic rings. The summed E-state index contributed by atoms with van der Waals surface area (Å²) < 4.78 is 13.3. The molecule has 28 heavy (non-hydrogen) atoms. The Morgan fingerprint density at radius 2 is 1.29 bits per heavy atom. The molecule has 2 atom stereocenters. The Morgan fingerprint density at radius 3 is 1.61 bits per heavy atom. The van der Waals surface area contributed by atoms with Gasteiger partial charge in [-0.2, -0.15) is 0 Å². The van der Waals surface area contributed by atoms with Gasteiger partial charge in [-0.1, -0.05) is 48.5 Å². The maximum Gasteiger partial charge on any atom is 0.248 e. The van der Waals surface area contributed by atoms with Crippen LogP contribution >= 0.6 is 0 Å². The van der Waals surface area contributed by atoms with Gasteiger partial charge in [0.25, 0.3) is 0 Å². The van der Waals surface area contributed by atoms with Gasteiger partial charge in [0.2, 0.25) is 5.91 Å². The molecule has 0 aromatic heterocycles. The van der Waals surface area contributed by atoms with Crippen molar-refractivity contribution in [2.75, 3.05) is 14.2 Å². The van der Waals surface area contributed by atoms with Crippen LogP contribution in [0.2, 0.25) is 36.3 Å². The van der Waals surface area contributed by atoms with Crippen molar-refractivity contribution < 1.29 is 18.5 Å². The number of carbonyl (C=O) groups excluding carboxylic acids is 1. The van der Waals surface area contributed by atoms with Crippen LogP contribution in [0.3, 0.4) is 0 Å². The molecular weight excluding hydrogens is 386 g/mol. The molecule has 0 aliphatic heterocycles. The van der Waals surface area contributed by atoms with Crippen LogP contribution in [0.25, 0.3) is 0 Å². The van der Waals surface area contributed by atoms with E-state index in [9.17, 15) is 4.79 Å². The van der Waals surface area contributed by atoms with Crippen LogP contribution in [0.1, 0.15) is 67.7 Å². The monoisotopic (exact) mass is 433 g/mol. The highest BCUT2D eigenvalue weighted by atomic mass is 28.4. The van der Waals surface area contributed by atoms with Crippen LogP contribution in [-0.4, -0.2) is 54.0 Å². The topological polar surface area (TPSA) is 48.0 Å². The van der Waals surface area contributed by atoms with Gasteiger partial charge in [-0.25, -0.2) is 5.06 Å². The van der Waals surface area contributed by atoms with Crippen LogP contribution in [0.15, 0.2) is 0 Å². The van der Waals surface area contributed by atoms with Crippen LogP contribution in [0.4, 0.5) is 0 Å². The summed E-state index contributed by atoms with van der Waals surface area (Å²) in [5.74, 6) is -0.0617. The summed E-state index contributed by atoms with van der Waals surface area (Å²) in [6.45, 7) is 24.6. The molecule has 0 spiro atoms. The van der Waals surface area contributed by atoms with Gasteiger partial charge in [0.15, 0.2) is 16.6 Å². The number of hydrogen-bond acceptors (Lipinski definition) is 4. The van der Waals surface area contributed by atoms with Crippen molar-refractivity contribution in [2.24, 2.45) is 0 Å². The standard InChI is InChI=1S/C21H47NO4Si2/c1-14-17(25-27(10,11)20(2,3)4)15-18(16-19(23)22(8)24-9)26-28(12,13)21(5,6)7/h17-18H,14-16H2,1-13H3/t17-,18-/m1/s1. The Balaban J connectivity index is 5.51. The lowest BCUT2D eigenvalue weighted by molar-refractivity contribution is -0.170. The normalized spacial score (nSPS) is 16.0. The Bertz CT molecular complexity index is 496. The third-order valence-electron chi connectivity index (χ3n) is 6.54. The lowest BCUT2D eigenvalue weighted by Crippen LogP contribution is -2.48. The third-order valence-corrected chi connectivity index (χ3v) is 15.6. The fraction of sp³-hybridized carbons (Fsp3) is 0.952. The second-order valence-corrected chi connectivity index (χ2v) is 20.4. The predicted molar refractivity (Wildman–Crippen MR) is 123 cm³/mol. The molecule has 168 valence electrons. The van der Waals surface area contributed by atoms with Crippen LogP contribution < -0.4 is 0 Å². The quantitative estimate of drug-likeness (QED) is 0.314. The first-order chi connectivity index (χ1) is 12.4. The summed E-state index contributed by atoms with van der Waals surface area (Å²) in [4.78, 5) is 17.6. The molecule has 1 amide bonds. The first kappa shape index (κ1) is 27.8. The number of rotatable bonds is 10. The molecule has 0 unspecified atom stereocenters. The molecule has 7 heteroatoms. The van der Waals surface area contributed by atoms with Crippen LogP contribution in [0, 0.1) is 0 Å². The number of hydroxylamine groups is 2. The van der Waals surface area contributed by atoms with Crippen LogP contribution in [-0.2, 0) is 18.5 Å². The molecule has 0 N–H and O–H groups in total. The van der Waals surface area contributed by atoms with E-state index >= 15 is 0 Å². The maximum atomic E-state index is 12.5. The summed E-state index contributed by atoms with van der Waals surface area (Å²) in [6.07, 6.45) is 1.89. The van der Waals surface area contributed by atoms with E-state index in [4.69, 9.17) is 13.7 Å². The van der Waals surface area contributed by atoms with Gasteiger partial charge in [0, 0.05) is 13.2 Å². The first-order valence-corrected chi connectivity index (χ1v) is 16.4. The van der Waals surface area contributed by atoms with Gasteiger partial charge in [-0.3, -0.25) is 9.63 Å². The molecule has 0 saturated heterocycles. The highest BCUT2D eigenvalue weighted by Crippen LogP contribution is 2.40. The molecule has 0 aliphatic rings. The van der Waals surface area contributed by atoms with Gasteiger partial charge in [-0.15, -0.1) is 0 Å². The van der Waals surface area contributed by atoms with Crippen LogP contribution in [0.5, 0.6) is 0 Å². The summed E-state index contributed by atoms with van der Waals surface area (Å²) in [7, 11) is -0.736. The second-order valence-electron chi connectivity index (χ2n) is 10.9. The molecule has 0 radical (unpaired) electrons. The smallest absolute Gasteiger partial charge is 0.248 e. The molecule has 0 bridgehead atoms. The molecular formula is C21H47NO4Si2. The fourth-order valence-electron chi connectivity index (χ4n) is 2.38. The average molecular weight is 434 g/mol. The van der Waals surface area contributed by atoms with Gasteiger partial charge in [0.1, 0.15) is 0 Å². The number of nitrogens with zero attached hydrogens (tertiary/aromatic N) is 1. The minimum atomic E-state index is -2.01. The van der Waals surface area contributed by atoms with E-state index in [1.54, 1.807) is 7.05 Å². The van der Waals surface area contributed by atoms with Crippen molar-refractivity contribution in [1.29, 1.82) is 0 Å². The third kappa shape index (κ3) is 8.26. The molecule has 0 aliphatic carbocycles. The highest BCUT2D eigenvalue weighted by Gasteiger charge is 2.42. The Hall–Kier alpha value is -0.216. The van der Waals surface area contributed by atoms with E-state index < -0.39 is 16.6 Å². The number of carbonyl (C=O) groups is 1. The minimum absolute atomic E-state index is 0.0617. The van der Waals surface area contributed by atoms with Gasteiger partial charge < -0.3 is 8.85 Å². The van der Waals surface area contributed by atoms with Crippen molar-refractivity contribution in [3.05, 3.63) is 0 Å². The SMILES string of the molecule is CC[C@H](C[C@H](CC(=O)N(C)OC)O[Si](C)(C)C(C)(C)C)O[Si](C)(C)C(C)(C)C. The molecule has 5 nitrogen and oxygen atoms in total. The van der Waals surface area contributed by atoms with E-state index in [0.717, 1.165) is 12.8 Å². The zero-order chi connectivity index (χ0) is 22.6. The predicted octanol–water partition coefficient (Wildman–Crippen LogP) is 5.98. The van der Waals surface area contributed by atoms with E-state index in [2.05, 4.69) is 74.7 Å². The summed E-state index contributed by atoms with van der Waals surface area (Å²) >= 11 is 0. The largest absolute Gasteiger partial charge is 0.414 e. The molecule has 0 fully saturated rings. The fourth-order valence-corrected chi connectivity index (χ4v) is 5.19.